The van der Waals surface area contributed by atoms with Crippen molar-refractivity contribution in [1.29, 1.82) is 0 Å². The second kappa shape index (κ2) is 6.55. The number of H-pyrrole nitrogens is 1. The van der Waals surface area contributed by atoms with Crippen molar-refractivity contribution >= 4 is 17.1 Å². The number of hydrogen-bond acceptors (Lipinski definition) is 5. The van der Waals surface area contributed by atoms with Gasteiger partial charge in [0, 0.05) is 6.54 Å². The first-order valence-electron chi connectivity index (χ1n) is 7.45. The van der Waals surface area contributed by atoms with Crippen LogP contribution >= 0.6 is 0 Å². The predicted molar refractivity (Wildman–Crippen MR) is 86.0 cm³/mol. The van der Waals surface area contributed by atoms with E-state index in [0.717, 1.165) is 16.9 Å². The van der Waals surface area contributed by atoms with Gasteiger partial charge in [0.1, 0.15) is 23.6 Å². The zero-order valence-corrected chi connectivity index (χ0v) is 13.8. The number of aliphatic hydroxyl groups is 2. The minimum Gasteiger partial charge on any atom is -0.444 e. The maximum atomic E-state index is 11.6. The van der Waals surface area contributed by atoms with Gasteiger partial charge >= 0.3 is 6.09 Å². The van der Waals surface area contributed by atoms with Gasteiger partial charge in [-0.3, -0.25) is 0 Å². The molecule has 0 aliphatic heterocycles. The molecule has 1 aromatic heterocycles. The van der Waals surface area contributed by atoms with Crippen LogP contribution in [0.4, 0.5) is 4.79 Å². The average molecular weight is 321 g/mol. The summed E-state index contributed by atoms with van der Waals surface area (Å²) in [6.45, 7) is 6.98. The highest BCUT2D eigenvalue weighted by Crippen LogP contribution is 2.21. The Hall–Kier alpha value is -2.12. The van der Waals surface area contributed by atoms with E-state index in [0.29, 0.717) is 5.56 Å². The molecule has 1 heterocycles. The maximum Gasteiger partial charge on any atom is 0.407 e. The van der Waals surface area contributed by atoms with Crippen LogP contribution in [0.2, 0.25) is 0 Å². The van der Waals surface area contributed by atoms with E-state index in [4.69, 9.17) is 4.74 Å². The summed E-state index contributed by atoms with van der Waals surface area (Å²) in [6, 6.07) is 5.20. The summed E-state index contributed by atoms with van der Waals surface area (Å²) in [5, 5.41) is 22.7. The lowest BCUT2D eigenvalue weighted by molar-refractivity contribution is 0.0130. The molecular formula is C16H23N3O4. The smallest absolute Gasteiger partial charge is 0.407 e. The van der Waals surface area contributed by atoms with Crippen LogP contribution in [0, 0.1) is 6.92 Å². The Morgan fingerprint density at radius 2 is 2.09 bits per heavy atom. The fourth-order valence-electron chi connectivity index (χ4n) is 2.17. The number of fused-ring (bicyclic) bond motifs is 1. The molecule has 1 amide bonds. The second-order valence-corrected chi connectivity index (χ2v) is 6.49. The van der Waals surface area contributed by atoms with E-state index in [1.807, 2.05) is 6.92 Å². The molecule has 0 saturated carbocycles. The fraction of sp³-hybridized carbons (Fsp3) is 0.500. The van der Waals surface area contributed by atoms with E-state index in [2.05, 4.69) is 15.3 Å². The number of imidazole rings is 1. The number of carbonyl (C=O) groups excluding carboxylic acids is 1. The van der Waals surface area contributed by atoms with Gasteiger partial charge in [-0.05, 0) is 45.4 Å². The Morgan fingerprint density at radius 1 is 1.39 bits per heavy atom. The number of alkyl carbamates (subject to hydrolysis) is 1. The molecule has 4 N–H and O–H groups in total. The lowest BCUT2D eigenvalue weighted by Gasteiger charge is -2.22. The van der Waals surface area contributed by atoms with Gasteiger partial charge in [0.15, 0.2) is 0 Å². The number of amides is 1. The highest BCUT2D eigenvalue weighted by Gasteiger charge is 2.22. The van der Waals surface area contributed by atoms with Crippen molar-refractivity contribution in [3.63, 3.8) is 0 Å². The van der Waals surface area contributed by atoms with Crippen molar-refractivity contribution in [2.45, 2.75) is 45.5 Å². The first kappa shape index (κ1) is 17.2. The molecule has 1 aromatic carbocycles. The van der Waals surface area contributed by atoms with E-state index in [1.165, 1.54) is 0 Å². The van der Waals surface area contributed by atoms with Crippen molar-refractivity contribution in [2.75, 3.05) is 6.54 Å². The summed E-state index contributed by atoms with van der Waals surface area (Å²) < 4.78 is 5.08. The van der Waals surface area contributed by atoms with Crippen LogP contribution in [0.1, 0.15) is 38.3 Å². The normalized spacial score (nSPS) is 14.5. The van der Waals surface area contributed by atoms with E-state index in [1.54, 1.807) is 39.0 Å². The molecule has 0 bridgehead atoms. The van der Waals surface area contributed by atoms with Gasteiger partial charge in [-0.2, -0.15) is 0 Å². The summed E-state index contributed by atoms with van der Waals surface area (Å²) in [5.41, 5.74) is 1.50. The SMILES string of the molecule is Cc1nc2ccc(C(O)C(O)CNC(=O)OC(C)(C)C)cc2[nH]1. The van der Waals surface area contributed by atoms with Crippen molar-refractivity contribution in [1.82, 2.24) is 15.3 Å². The van der Waals surface area contributed by atoms with Gasteiger partial charge in [0.25, 0.3) is 0 Å². The molecule has 2 aromatic rings. The van der Waals surface area contributed by atoms with Crippen LogP contribution in [0.5, 0.6) is 0 Å². The molecule has 2 atom stereocenters. The minimum absolute atomic E-state index is 0.115. The van der Waals surface area contributed by atoms with Crippen LogP contribution < -0.4 is 5.32 Å². The molecule has 0 fully saturated rings. The Kier molecular flexibility index (Phi) is 4.91. The molecule has 23 heavy (non-hydrogen) atoms. The third-order valence-corrected chi connectivity index (χ3v) is 3.18. The number of hydrogen-bond donors (Lipinski definition) is 4. The van der Waals surface area contributed by atoms with Crippen molar-refractivity contribution < 1.29 is 19.7 Å². The van der Waals surface area contributed by atoms with Gasteiger partial charge in [0.05, 0.1) is 11.0 Å². The summed E-state index contributed by atoms with van der Waals surface area (Å²) in [4.78, 5) is 18.9. The lowest BCUT2D eigenvalue weighted by atomic mass is 10.0. The monoisotopic (exact) mass is 321 g/mol. The first-order chi connectivity index (χ1) is 10.7. The van der Waals surface area contributed by atoms with Gasteiger partial charge < -0.3 is 25.3 Å². The molecule has 0 spiro atoms. The number of benzene rings is 1. The van der Waals surface area contributed by atoms with Crippen LogP contribution in [-0.2, 0) is 4.74 Å². The zero-order valence-electron chi connectivity index (χ0n) is 13.8. The molecular weight excluding hydrogens is 298 g/mol. The lowest BCUT2D eigenvalue weighted by Crippen LogP contribution is -2.38. The number of nitrogens with zero attached hydrogens (tertiary/aromatic N) is 1. The van der Waals surface area contributed by atoms with E-state index >= 15 is 0 Å². The Labute approximate surface area is 134 Å². The Morgan fingerprint density at radius 3 is 2.74 bits per heavy atom. The van der Waals surface area contributed by atoms with E-state index in [-0.39, 0.29) is 6.54 Å². The highest BCUT2D eigenvalue weighted by atomic mass is 16.6. The number of rotatable bonds is 4. The Balaban J connectivity index is 1.97. The highest BCUT2D eigenvalue weighted by molar-refractivity contribution is 5.76. The van der Waals surface area contributed by atoms with Gasteiger partial charge in [-0.25, -0.2) is 9.78 Å². The molecule has 2 rings (SSSR count). The number of nitrogens with one attached hydrogen (secondary N) is 2. The molecule has 2 unspecified atom stereocenters. The molecule has 0 radical (unpaired) electrons. The largest absolute Gasteiger partial charge is 0.444 e. The fourth-order valence-corrected chi connectivity index (χ4v) is 2.17. The summed E-state index contributed by atoms with van der Waals surface area (Å²) in [7, 11) is 0. The molecule has 0 aliphatic carbocycles. The third-order valence-electron chi connectivity index (χ3n) is 3.18. The van der Waals surface area contributed by atoms with Gasteiger partial charge in [-0.15, -0.1) is 0 Å². The second-order valence-electron chi connectivity index (χ2n) is 6.49. The number of carbonyl (C=O) groups is 1. The predicted octanol–water partition coefficient (Wildman–Crippen LogP) is 1.79. The van der Waals surface area contributed by atoms with Crippen molar-refractivity contribution in [2.24, 2.45) is 0 Å². The minimum atomic E-state index is -1.15. The van der Waals surface area contributed by atoms with Crippen LogP contribution in [0.15, 0.2) is 18.2 Å². The van der Waals surface area contributed by atoms with Crippen LogP contribution in [-0.4, -0.2) is 44.5 Å². The Bertz CT molecular complexity index is 690. The molecule has 126 valence electrons. The topological polar surface area (TPSA) is 107 Å². The molecule has 0 saturated heterocycles. The molecule has 7 heteroatoms. The zero-order chi connectivity index (χ0) is 17.2. The number of aromatic nitrogens is 2. The third kappa shape index (κ3) is 4.67. The molecule has 7 nitrogen and oxygen atoms in total. The summed E-state index contributed by atoms with van der Waals surface area (Å²) in [6.07, 6.45) is -2.91. The van der Waals surface area contributed by atoms with Crippen LogP contribution in [0.3, 0.4) is 0 Å². The van der Waals surface area contributed by atoms with Crippen LogP contribution in [0.25, 0.3) is 11.0 Å². The molecule has 0 aliphatic rings. The summed E-state index contributed by atoms with van der Waals surface area (Å²) in [5.74, 6) is 0.777. The van der Waals surface area contributed by atoms with Crippen molar-refractivity contribution in [3.05, 3.63) is 29.6 Å². The number of ether oxygens (including phenoxy) is 1. The van der Waals surface area contributed by atoms with E-state index < -0.39 is 23.9 Å². The first-order valence-corrected chi connectivity index (χ1v) is 7.45. The number of aliphatic hydroxyl groups excluding tert-OH is 2. The van der Waals surface area contributed by atoms with Gasteiger partial charge in [-0.1, -0.05) is 6.07 Å². The maximum absolute atomic E-state index is 11.6. The summed E-state index contributed by atoms with van der Waals surface area (Å²) >= 11 is 0. The average Bonchev–Trinajstić information content (AvgIpc) is 2.81. The van der Waals surface area contributed by atoms with Crippen molar-refractivity contribution in [3.8, 4) is 0 Å². The number of aryl methyl sites for hydroxylation is 1. The van der Waals surface area contributed by atoms with Gasteiger partial charge in [0.2, 0.25) is 0 Å². The number of aromatic amines is 1. The quantitative estimate of drug-likeness (QED) is 0.687. The standard InChI is InChI=1S/C16H23N3O4/c1-9-18-11-6-5-10(7-12(11)19-9)14(21)13(20)8-17-15(22)23-16(2,3)4/h5-7,13-14,20-21H,8H2,1-4H3,(H,17,22)(H,18,19). The van der Waals surface area contributed by atoms with E-state index in [9.17, 15) is 15.0 Å².